The largest absolute Gasteiger partial charge is 0.478 e. The third-order valence-electron chi connectivity index (χ3n) is 4.31. The van der Waals surface area contributed by atoms with Crippen molar-refractivity contribution in [1.82, 2.24) is 0 Å². The van der Waals surface area contributed by atoms with Gasteiger partial charge in [-0.1, -0.05) is 40.5 Å². The van der Waals surface area contributed by atoms with E-state index in [4.69, 9.17) is 9.84 Å². The number of aromatic carboxylic acids is 1. The number of benzene rings is 1. The molecule has 0 aliphatic heterocycles. The lowest BCUT2D eigenvalue weighted by molar-refractivity contribution is 0.00458. The summed E-state index contributed by atoms with van der Waals surface area (Å²) in [6, 6.07) is 5.91. The Labute approximate surface area is 145 Å². The molecule has 0 amide bonds. The Morgan fingerprint density at radius 3 is 2.12 bits per heavy atom. The molecule has 4 nitrogen and oxygen atoms in total. The van der Waals surface area contributed by atoms with Gasteiger partial charge in [0.25, 0.3) is 0 Å². The van der Waals surface area contributed by atoms with Gasteiger partial charge in [-0.3, -0.25) is 0 Å². The van der Waals surface area contributed by atoms with E-state index in [0.29, 0.717) is 17.4 Å². The molecule has 0 radical (unpaired) electrons. The van der Waals surface area contributed by atoms with Crippen molar-refractivity contribution in [1.29, 1.82) is 0 Å². The summed E-state index contributed by atoms with van der Waals surface area (Å²) in [5, 5.41) is 8.93. The smallest absolute Gasteiger partial charge is 0.338 e. The summed E-state index contributed by atoms with van der Waals surface area (Å²) in [5.74, 6) is -0.548. The molecular weight excluding hydrogens is 304 g/mol. The van der Waals surface area contributed by atoms with Gasteiger partial charge in [0.05, 0.1) is 11.1 Å². The van der Waals surface area contributed by atoms with Crippen LogP contribution in [0.15, 0.2) is 24.3 Å². The highest BCUT2D eigenvalue weighted by Crippen LogP contribution is 2.25. The summed E-state index contributed by atoms with van der Waals surface area (Å²) >= 11 is 0. The van der Waals surface area contributed by atoms with Crippen LogP contribution in [0, 0.1) is 11.8 Å². The Kier molecular flexibility index (Phi) is 8.51. The molecule has 1 aromatic rings. The minimum atomic E-state index is -1.00. The van der Waals surface area contributed by atoms with Gasteiger partial charge in [-0.05, 0) is 55.4 Å². The second-order valence-electron chi connectivity index (χ2n) is 6.77. The van der Waals surface area contributed by atoms with Gasteiger partial charge >= 0.3 is 11.9 Å². The van der Waals surface area contributed by atoms with Gasteiger partial charge in [-0.2, -0.15) is 0 Å². The minimum absolute atomic E-state index is 0.0896. The van der Waals surface area contributed by atoms with Crippen molar-refractivity contribution < 1.29 is 19.4 Å². The van der Waals surface area contributed by atoms with E-state index in [2.05, 4.69) is 27.7 Å². The summed E-state index contributed by atoms with van der Waals surface area (Å²) in [4.78, 5) is 23.3. The number of rotatable bonds is 10. The van der Waals surface area contributed by atoms with Crippen LogP contribution in [0.5, 0.6) is 0 Å². The maximum Gasteiger partial charge on any atom is 0.338 e. The van der Waals surface area contributed by atoms with Crippen LogP contribution in [0.3, 0.4) is 0 Å². The van der Waals surface area contributed by atoms with Crippen molar-refractivity contribution in [3.05, 3.63) is 35.4 Å². The number of hydrogen-bond donors (Lipinski definition) is 1. The zero-order valence-electron chi connectivity index (χ0n) is 15.2. The molecule has 0 bridgehead atoms. The fourth-order valence-electron chi connectivity index (χ4n) is 2.88. The van der Waals surface area contributed by atoms with Gasteiger partial charge in [0.15, 0.2) is 0 Å². The lowest BCUT2D eigenvalue weighted by atomic mass is 9.88. The third-order valence-corrected chi connectivity index (χ3v) is 4.31. The molecule has 1 rings (SSSR count). The van der Waals surface area contributed by atoms with Crippen LogP contribution in [0.2, 0.25) is 0 Å². The van der Waals surface area contributed by atoms with E-state index in [-0.39, 0.29) is 17.6 Å². The molecule has 2 atom stereocenters. The number of ether oxygens (including phenoxy) is 1. The first-order valence-corrected chi connectivity index (χ1v) is 8.93. The topological polar surface area (TPSA) is 63.6 Å². The predicted molar refractivity (Wildman–Crippen MR) is 95.4 cm³/mol. The maximum absolute atomic E-state index is 12.4. The van der Waals surface area contributed by atoms with Crippen molar-refractivity contribution >= 4 is 11.9 Å². The Bertz CT molecular complexity index is 519. The summed E-state index contributed by atoms with van der Waals surface area (Å²) in [6.45, 7) is 8.58. The van der Waals surface area contributed by atoms with Gasteiger partial charge in [-0.15, -0.1) is 0 Å². The highest BCUT2D eigenvalue weighted by molar-refractivity contribution is 5.92. The van der Waals surface area contributed by atoms with Crippen molar-refractivity contribution in [2.75, 3.05) is 0 Å². The fourth-order valence-corrected chi connectivity index (χ4v) is 2.88. The SMILES string of the molecule is CCCCC(CC)C(CC(C)C)OC(=O)c1ccc(C(=O)O)cc1. The predicted octanol–water partition coefficient (Wildman–Crippen LogP) is 5.17. The second-order valence-corrected chi connectivity index (χ2v) is 6.77. The Hall–Kier alpha value is -1.84. The second kappa shape index (κ2) is 10.1. The number of unbranched alkanes of at least 4 members (excludes halogenated alkanes) is 1. The maximum atomic E-state index is 12.4. The molecule has 2 unspecified atom stereocenters. The molecule has 0 fully saturated rings. The first-order valence-electron chi connectivity index (χ1n) is 8.93. The van der Waals surface area contributed by atoms with Crippen LogP contribution in [-0.2, 0) is 4.74 Å². The van der Waals surface area contributed by atoms with Crippen LogP contribution in [0.4, 0.5) is 0 Å². The zero-order valence-corrected chi connectivity index (χ0v) is 15.2. The van der Waals surface area contributed by atoms with Crippen molar-refractivity contribution in [2.24, 2.45) is 11.8 Å². The molecule has 0 saturated carbocycles. The van der Waals surface area contributed by atoms with E-state index >= 15 is 0 Å². The molecular formula is C20H30O4. The van der Waals surface area contributed by atoms with Gasteiger partial charge < -0.3 is 9.84 Å². The molecule has 0 heterocycles. The van der Waals surface area contributed by atoms with Crippen LogP contribution in [0.25, 0.3) is 0 Å². The van der Waals surface area contributed by atoms with Gasteiger partial charge in [0.2, 0.25) is 0 Å². The first kappa shape index (κ1) is 20.2. The Morgan fingerprint density at radius 2 is 1.67 bits per heavy atom. The molecule has 0 aliphatic carbocycles. The van der Waals surface area contributed by atoms with Crippen molar-refractivity contribution in [3.63, 3.8) is 0 Å². The van der Waals surface area contributed by atoms with Crippen LogP contribution in [-0.4, -0.2) is 23.1 Å². The third kappa shape index (κ3) is 6.34. The normalized spacial score (nSPS) is 13.5. The average Bonchev–Trinajstić information content (AvgIpc) is 2.54. The standard InChI is InChI=1S/C20H30O4/c1-5-7-8-15(6-2)18(13-14(3)4)24-20(23)17-11-9-16(10-12-17)19(21)22/h9-12,14-15,18H,5-8,13H2,1-4H3,(H,21,22). The number of carboxylic acids is 1. The van der Waals surface area contributed by atoms with Crippen LogP contribution >= 0.6 is 0 Å². The molecule has 0 spiro atoms. The molecule has 134 valence electrons. The summed E-state index contributed by atoms with van der Waals surface area (Å²) in [6.07, 6.45) is 5.08. The van der Waals surface area contributed by atoms with Gasteiger partial charge in [0, 0.05) is 0 Å². The Balaban J connectivity index is 2.83. The molecule has 24 heavy (non-hydrogen) atoms. The summed E-state index contributed by atoms with van der Waals surface area (Å²) in [7, 11) is 0. The molecule has 4 heteroatoms. The molecule has 0 saturated heterocycles. The van der Waals surface area contributed by atoms with Gasteiger partial charge in [0.1, 0.15) is 6.10 Å². The molecule has 0 aliphatic rings. The lowest BCUT2D eigenvalue weighted by Gasteiger charge is -2.27. The van der Waals surface area contributed by atoms with Crippen LogP contribution < -0.4 is 0 Å². The van der Waals surface area contributed by atoms with E-state index in [0.717, 1.165) is 32.1 Å². The van der Waals surface area contributed by atoms with E-state index in [1.165, 1.54) is 24.3 Å². The van der Waals surface area contributed by atoms with E-state index in [1.54, 1.807) is 0 Å². The molecule has 1 N–H and O–H groups in total. The average molecular weight is 334 g/mol. The highest BCUT2D eigenvalue weighted by Gasteiger charge is 2.25. The summed E-state index contributed by atoms with van der Waals surface area (Å²) < 4.78 is 5.81. The van der Waals surface area contributed by atoms with Crippen LogP contribution in [0.1, 0.15) is 80.5 Å². The Morgan fingerprint density at radius 1 is 1.08 bits per heavy atom. The minimum Gasteiger partial charge on any atom is -0.478 e. The quantitative estimate of drug-likeness (QED) is 0.599. The number of hydrogen-bond acceptors (Lipinski definition) is 3. The number of carbonyl (C=O) groups is 2. The first-order chi connectivity index (χ1) is 11.4. The summed E-state index contributed by atoms with van der Waals surface area (Å²) in [5.41, 5.74) is 0.568. The van der Waals surface area contributed by atoms with E-state index in [9.17, 15) is 9.59 Å². The van der Waals surface area contributed by atoms with Crippen molar-refractivity contribution in [2.45, 2.75) is 65.9 Å². The fraction of sp³-hybridized carbons (Fsp3) is 0.600. The number of esters is 1. The highest BCUT2D eigenvalue weighted by atomic mass is 16.5. The zero-order chi connectivity index (χ0) is 18.1. The number of carboxylic acid groups (broad SMARTS) is 1. The lowest BCUT2D eigenvalue weighted by Crippen LogP contribution is -2.28. The number of carbonyl (C=O) groups excluding carboxylic acids is 1. The monoisotopic (exact) mass is 334 g/mol. The van der Waals surface area contributed by atoms with E-state index < -0.39 is 5.97 Å². The molecule has 1 aromatic carbocycles. The van der Waals surface area contributed by atoms with Gasteiger partial charge in [-0.25, -0.2) is 9.59 Å². The van der Waals surface area contributed by atoms with E-state index in [1.807, 2.05) is 0 Å². The van der Waals surface area contributed by atoms with Crippen molar-refractivity contribution in [3.8, 4) is 0 Å². The molecule has 0 aromatic heterocycles.